The predicted molar refractivity (Wildman–Crippen MR) is 54.9 cm³/mol. The molecule has 0 bridgehead atoms. The minimum atomic E-state index is 0.401. The molecule has 0 aliphatic carbocycles. The van der Waals surface area contributed by atoms with Gasteiger partial charge in [-0.05, 0) is 0 Å². The topological polar surface area (TPSA) is 26.3 Å². The van der Waals surface area contributed by atoms with Crippen LogP contribution in [0.3, 0.4) is 0 Å². The van der Waals surface area contributed by atoms with Crippen LogP contribution in [-0.4, -0.2) is 14.0 Å². The molecule has 0 spiro atoms. The molecule has 0 aromatic carbocycles. The summed E-state index contributed by atoms with van der Waals surface area (Å²) in [6, 6.07) is 0. The van der Waals surface area contributed by atoms with Crippen molar-refractivity contribution in [1.29, 1.82) is 0 Å². The average molecular weight is 184 g/mol. The fourth-order valence-corrected chi connectivity index (χ4v) is 1.94. The molecule has 0 saturated heterocycles. The van der Waals surface area contributed by atoms with E-state index in [-0.39, 0.29) is 0 Å². The minimum absolute atomic E-state index is 0.401. The van der Waals surface area contributed by atoms with E-state index in [0.29, 0.717) is 19.4 Å². The zero-order valence-electron chi connectivity index (χ0n) is 9.14. The van der Waals surface area contributed by atoms with Crippen LogP contribution in [0.2, 0.25) is 0 Å². The van der Waals surface area contributed by atoms with Gasteiger partial charge in [0, 0.05) is 0 Å². The van der Waals surface area contributed by atoms with Gasteiger partial charge in [-0.1, -0.05) is 0 Å². The summed E-state index contributed by atoms with van der Waals surface area (Å²) in [4.78, 5) is 0. The molecule has 0 rings (SSSR count). The van der Waals surface area contributed by atoms with Crippen molar-refractivity contribution in [3.63, 3.8) is 0 Å². The predicted octanol–water partition coefficient (Wildman–Crippen LogP) is 2.96. The molecular formula is C10H21BO2. The summed E-state index contributed by atoms with van der Waals surface area (Å²) >= 11 is 0. The van der Waals surface area contributed by atoms with E-state index in [1.807, 2.05) is 0 Å². The van der Waals surface area contributed by atoms with E-state index in [0.717, 1.165) is 6.42 Å². The van der Waals surface area contributed by atoms with Crippen LogP contribution in [0.25, 0.3) is 0 Å². The maximum absolute atomic E-state index is 10.0. The molecule has 0 radical (unpaired) electrons. The third-order valence-corrected chi connectivity index (χ3v) is 3.10. The van der Waals surface area contributed by atoms with Gasteiger partial charge < -0.3 is 0 Å². The molecule has 0 aliphatic heterocycles. The fourth-order valence-electron chi connectivity index (χ4n) is 1.94. The summed E-state index contributed by atoms with van der Waals surface area (Å²) in [6.45, 7) is 7.23. The Kier molecular flexibility index (Phi) is 6.92. The van der Waals surface area contributed by atoms with Crippen molar-refractivity contribution in [3.05, 3.63) is 0 Å². The van der Waals surface area contributed by atoms with Gasteiger partial charge in [0.15, 0.2) is 0 Å². The summed E-state index contributed by atoms with van der Waals surface area (Å²) in [6.07, 6.45) is 5.82. The van der Waals surface area contributed by atoms with E-state index in [2.05, 4.69) is 20.8 Å². The average Bonchev–Trinajstić information content (AvgIpc) is 2.17. The summed E-state index contributed by atoms with van der Waals surface area (Å²) in [5.74, 6) is 0. The number of hydrogen-bond acceptors (Lipinski definition) is 2. The molecule has 0 aromatic heterocycles. The summed E-state index contributed by atoms with van der Waals surface area (Å²) in [5.41, 5.74) is 0.401. The van der Waals surface area contributed by atoms with Crippen molar-refractivity contribution in [3.8, 4) is 0 Å². The quantitative estimate of drug-likeness (QED) is 0.428. The van der Waals surface area contributed by atoms with Crippen LogP contribution < -0.4 is 0 Å². The van der Waals surface area contributed by atoms with Gasteiger partial charge in [-0.15, -0.1) is 0 Å². The van der Waals surface area contributed by atoms with Crippen LogP contribution in [0.1, 0.15) is 52.9 Å². The van der Waals surface area contributed by atoms with Gasteiger partial charge in [0.2, 0.25) is 0 Å². The maximum atomic E-state index is 10.0. The second-order valence-electron chi connectivity index (χ2n) is 3.67. The van der Waals surface area contributed by atoms with Crippen LogP contribution in [0.15, 0.2) is 0 Å². The zero-order valence-corrected chi connectivity index (χ0v) is 9.14. The van der Waals surface area contributed by atoms with Gasteiger partial charge in [0.25, 0.3) is 0 Å². The Morgan fingerprint density at radius 3 is 2.15 bits per heavy atom. The molecule has 0 heterocycles. The van der Waals surface area contributed by atoms with Crippen LogP contribution in [-0.2, 0) is 9.36 Å². The molecule has 2 nitrogen and oxygen atoms in total. The first-order valence-electron chi connectivity index (χ1n) is 5.30. The fraction of sp³-hybridized carbons (Fsp3) is 1.00. The van der Waals surface area contributed by atoms with Crippen molar-refractivity contribution in [2.45, 2.75) is 52.9 Å². The van der Waals surface area contributed by atoms with E-state index in [1.54, 1.807) is 0 Å². The summed E-state index contributed by atoms with van der Waals surface area (Å²) in [5, 5.41) is 0. The SMILES string of the molecule is CCCC(CC)(CC)CCOB=O. The standard InChI is InChI=1S/C10H21BO2/c1-4-7-10(5-2,6-3)8-9-13-11-12/h4-9H2,1-3H3. The van der Waals surface area contributed by atoms with Gasteiger partial charge in [-0.3, -0.25) is 0 Å². The Labute approximate surface area is 82.3 Å². The van der Waals surface area contributed by atoms with Crippen LogP contribution >= 0.6 is 0 Å². The molecular weight excluding hydrogens is 163 g/mol. The Hall–Kier alpha value is -0.335. The van der Waals surface area contributed by atoms with Crippen LogP contribution in [0.5, 0.6) is 0 Å². The van der Waals surface area contributed by atoms with Gasteiger partial charge >= 0.3 is 81.6 Å². The van der Waals surface area contributed by atoms with Crippen molar-refractivity contribution >= 4 is 7.35 Å². The summed E-state index contributed by atoms with van der Waals surface area (Å²) < 4.78 is 14.8. The molecule has 0 fully saturated rings. The van der Waals surface area contributed by atoms with E-state index in [1.165, 1.54) is 25.7 Å². The Balaban J connectivity index is 3.96. The molecule has 0 aliphatic rings. The van der Waals surface area contributed by atoms with Gasteiger partial charge in [-0.2, -0.15) is 0 Å². The Morgan fingerprint density at radius 1 is 1.15 bits per heavy atom. The first-order chi connectivity index (χ1) is 6.24. The molecule has 76 valence electrons. The third kappa shape index (κ3) is 4.44. The Bertz CT molecular complexity index is 133. The molecule has 0 amide bonds. The normalized spacial score (nSPS) is 11.0. The molecule has 3 heteroatoms. The van der Waals surface area contributed by atoms with E-state index in [4.69, 9.17) is 4.65 Å². The molecule has 13 heavy (non-hydrogen) atoms. The van der Waals surface area contributed by atoms with Crippen molar-refractivity contribution < 1.29 is 9.36 Å². The monoisotopic (exact) mass is 184 g/mol. The van der Waals surface area contributed by atoms with Gasteiger partial charge in [-0.25, -0.2) is 0 Å². The van der Waals surface area contributed by atoms with Gasteiger partial charge in [0.05, 0.1) is 0 Å². The second kappa shape index (κ2) is 7.11. The van der Waals surface area contributed by atoms with E-state index >= 15 is 0 Å². The first-order valence-corrected chi connectivity index (χ1v) is 5.30. The van der Waals surface area contributed by atoms with E-state index < -0.39 is 0 Å². The van der Waals surface area contributed by atoms with Crippen molar-refractivity contribution in [2.24, 2.45) is 5.41 Å². The first kappa shape index (κ1) is 12.7. The summed E-state index contributed by atoms with van der Waals surface area (Å²) in [7, 11) is 0.544. The number of hydrogen-bond donors (Lipinski definition) is 0. The second-order valence-corrected chi connectivity index (χ2v) is 3.67. The zero-order chi connectivity index (χ0) is 10.2. The van der Waals surface area contributed by atoms with Crippen molar-refractivity contribution in [1.82, 2.24) is 0 Å². The van der Waals surface area contributed by atoms with Crippen molar-refractivity contribution in [2.75, 3.05) is 6.61 Å². The molecule has 0 N–H and O–H groups in total. The molecule has 0 aromatic rings. The third-order valence-electron chi connectivity index (χ3n) is 3.10. The Morgan fingerprint density at radius 2 is 1.77 bits per heavy atom. The van der Waals surface area contributed by atoms with Crippen LogP contribution in [0.4, 0.5) is 0 Å². The van der Waals surface area contributed by atoms with E-state index in [9.17, 15) is 4.70 Å². The molecule has 0 unspecified atom stereocenters. The molecule has 0 atom stereocenters. The van der Waals surface area contributed by atoms with Gasteiger partial charge in [0.1, 0.15) is 0 Å². The number of rotatable bonds is 8. The molecule has 0 saturated carbocycles. The van der Waals surface area contributed by atoms with Crippen LogP contribution in [0, 0.1) is 5.41 Å².